The van der Waals surface area contributed by atoms with E-state index in [0.717, 1.165) is 12.1 Å². The van der Waals surface area contributed by atoms with E-state index in [1.165, 1.54) is 21.9 Å². The molecular weight excluding hydrogens is 473 g/mol. The van der Waals surface area contributed by atoms with Crippen molar-refractivity contribution in [2.75, 3.05) is 7.05 Å². The molecule has 2 aromatic rings. The summed E-state index contributed by atoms with van der Waals surface area (Å²) in [6.07, 6.45) is -0.640. The first-order valence-electron chi connectivity index (χ1n) is 10.3. The maximum Gasteiger partial charge on any atom is 0.534 e. The zero-order valence-corrected chi connectivity index (χ0v) is 20.1. The summed E-state index contributed by atoms with van der Waals surface area (Å²) in [5.41, 5.74) is -6.99. The van der Waals surface area contributed by atoms with Gasteiger partial charge in [-0.1, -0.05) is 51.1 Å². The van der Waals surface area contributed by atoms with E-state index in [1.54, 1.807) is 44.3 Å². The number of hydrogen-bond donors (Lipinski definition) is 0. The number of likely N-dealkylation sites (N-methyl/N-ethyl adjacent to an activating group) is 1. The van der Waals surface area contributed by atoms with Gasteiger partial charge in [-0.15, -0.1) is 0 Å². The summed E-state index contributed by atoms with van der Waals surface area (Å²) in [6, 6.07) is 13.0. The fourth-order valence-corrected chi connectivity index (χ4v) is 4.71. The monoisotopic (exact) mass is 498 g/mol. The first-order chi connectivity index (χ1) is 15.5. The third-order valence-electron chi connectivity index (χ3n) is 5.75. The number of amides is 2. The van der Waals surface area contributed by atoms with Crippen molar-refractivity contribution in [2.24, 2.45) is 5.41 Å². The highest BCUT2D eigenvalue weighted by Crippen LogP contribution is 2.45. The molecular formula is C23H25F3N2O5S. The maximum absolute atomic E-state index is 13.7. The Bertz CT molecular complexity index is 1190. The molecule has 3 rings (SSSR count). The summed E-state index contributed by atoms with van der Waals surface area (Å²) < 4.78 is 64.7. The molecule has 0 saturated carbocycles. The van der Waals surface area contributed by atoms with Crippen LogP contribution in [0.5, 0.6) is 5.75 Å². The van der Waals surface area contributed by atoms with E-state index in [2.05, 4.69) is 4.18 Å². The lowest BCUT2D eigenvalue weighted by Gasteiger charge is -2.42. The fourth-order valence-electron chi connectivity index (χ4n) is 4.25. The topological polar surface area (TPSA) is 84.0 Å². The van der Waals surface area contributed by atoms with Crippen molar-refractivity contribution in [3.63, 3.8) is 0 Å². The van der Waals surface area contributed by atoms with Crippen molar-refractivity contribution >= 4 is 21.9 Å². The summed E-state index contributed by atoms with van der Waals surface area (Å²) in [7, 11) is -4.26. The van der Waals surface area contributed by atoms with Crippen LogP contribution in [0.4, 0.5) is 13.2 Å². The molecule has 0 aromatic heterocycles. The number of alkyl halides is 3. The predicted molar refractivity (Wildman–Crippen MR) is 118 cm³/mol. The molecule has 1 saturated heterocycles. The average Bonchev–Trinajstić information content (AvgIpc) is 2.95. The third kappa shape index (κ3) is 4.24. The van der Waals surface area contributed by atoms with Gasteiger partial charge in [-0.2, -0.15) is 21.6 Å². The maximum atomic E-state index is 13.7. The van der Waals surface area contributed by atoms with Crippen molar-refractivity contribution in [3.05, 3.63) is 65.7 Å². The molecule has 0 unspecified atom stereocenters. The molecule has 2 atom stereocenters. The molecule has 0 aliphatic carbocycles. The van der Waals surface area contributed by atoms with E-state index in [4.69, 9.17) is 0 Å². The minimum atomic E-state index is -5.85. The van der Waals surface area contributed by atoms with Crippen LogP contribution in [0.25, 0.3) is 0 Å². The Balaban J connectivity index is 2.10. The lowest BCUT2D eigenvalue weighted by molar-refractivity contribution is -0.133. The van der Waals surface area contributed by atoms with Crippen LogP contribution in [0.3, 0.4) is 0 Å². The second-order valence-corrected chi connectivity index (χ2v) is 10.8. The van der Waals surface area contributed by atoms with E-state index in [0.29, 0.717) is 5.56 Å². The van der Waals surface area contributed by atoms with Crippen molar-refractivity contribution < 1.29 is 35.4 Å². The summed E-state index contributed by atoms with van der Waals surface area (Å²) in [4.78, 5) is 30.1. The molecule has 1 heterocycles. The summed E-state index contributed by atoms with van der Waals surface area (Å²) >= 11 is 0. The molecule has 1 aliphatic rings. The molecule has 0 N–H and O–H groups in total. The molecule has 0 bridgehead atoms. The summed E-state index contributed by atoms with van der Waals surface area (Å²) in [6.45, 7) is 7.22. The van der Waals surface area contributed by atoms with Crippen LogP contribution in [0.1, 0.15) is 43.6 Å². The van der Waals surface area contributed by atoms with Gasteiger partial charge in [-0.3, -0.25) is 14.5 Å². The number of rotatable bonds is 4. The van der Waals surface area contributed by atoms with Crippen LogP contribution < -0.4 is 4.18 Å². The average molecular weight is 499 g/mol. The molecule has 1 aliphatic heterocycles. The highest BCUT2D eigenvalue weighted by atomic mass is 32.2. The standard InChI is InChI=1S/C23H25F3N2O5S/c1-21(2,3)19-27(5)20(30)22(4,28(19)18(29)15-9-7-6-8-10-15)16-11-13-17(14-12-16)33-34(31,32)23(24,25)26/h6-14,19H,1-5H3/t19-,22+/m1/s1. The van der Waals surface area contributed by atoms with Gasteiger partial charge in [0.2, 0.25) is 0 Å². The zero-order valence-electron chi connectivity index (χ0n) is 19.3. The number of benzene rings is 2. The fraction of sp³-hybridized carbons (Fsp3) is 0.391. The van der Waals surface area contributed by atoms with E-state index in [9.17, 15) is 31.2 Å². The Morgan fingerprint density at radius 2 is 1.53 bits per heavy atom. The predicted octanol–water partition coefficient (Wildman–Crippen LogP) is 4.12. The number of carbonyl (C=O) groups is 2. The lowest BCUT2D eigenvalue weighted by Crippen LogP contribution is -2.53. The quantitative estimate of drug-likeness (QED) is 0.468. The van der Waals surface area contributed by atoms with Crippen LogP contribution in [0.2, 0.25) is 0 Å². The molecule has 1 fully saturated rings. The minimum Gasteiger partial charge on any atom is -0.376 e. The largest absolute Gasteiger partial charge is 0.534 e. The first kappa shape index (κ1) is 25.5. The smallest absolute Gasteiger partial charge is 0.376 e. The normalized spacial score (nSPS) is 21.6. The number of halogens is 3. The van der Waals surface area contributed by atoms with E-state index >= 15 is 0 Å². The highest BCUT2D eigenvalue weighted by Gasteiger charge is 2.59. The van der Waals surface area contributed by atoms with Gasteiger partial charge in [0.15, 0.2) is 0 Å². The van der Waals surface area contributed by atoms with Crippen molar-refractivity contribution in [3.8, 4) is 5.75 Å². The molecule has 11 heteroatoms. The van der Waals surface area contributed by atoms with Crippen molar-refractivity contribution in [2.45, 2.75) is 44.9 Å². The van der Waals surface area contributed by atoms with Gasteiger partial charge in [0.1, 0.15) is 17.5 Å². The lowest BCUT2D eigenvalue weighted by atomic mass is 9.86. The molecule has 2 aromatic carbocycles. The van der Waals surface area contributed by atoms with Crippen LogP contribution in [-0.2, 0) is 20.5 Å². The van der Waals surface area contributed by atoms with Crippen LogP contribution in [0, 0.1) is 5.41 Å². The number of nitrogens with zero attached hydrogens (tertiary/aromatic N) is 2. The van der Waals surface area contributed by atoms with Crippen LogP contribution >= 0.6 is 0 Å². The van der Waals surface area contributed by atoms with Crippen molar-refractivity contribution in [1.82, 2.24) is 9.80 Å². The molecule has 0 radical (unpaired) electrons. The number of hydrogen-bond acceptors (Lipinski definition) is 5. The van der Waals surface area contributed by atoms with E-state index < -0.39 is 50.3 Å². The summed E-state index contributed by atoms with van der Waals surface area (Å²) in [5.74, 6) is -1.37. The molecule has 0 spiro atoms. The van der Waals surface area contributed by atoms with Gasteiger partial charge in [0.25, 0.3) is 11.8 Å². The molecule has 7 nitrogen and oxygen atoms in total. The SMILES string of the molecule is CN1C(=O)[C@](C)(c2ccc(OS(=O)(=O)C(F)(F)F)cc2)N(C(=O)c2ccccc2)[C@@H]1C(C)(C)C. The Morgan fingerprint density at radius 1 is 1.00 bits per heavy atom. The minimum absolute atomic E-state index is 0.289. The third-order valence-corrected chi connectivity index (χ3v) is 6.73. The van der Waals surface area contributed by atoms with Crippen LogP contribution in [-0.4, -0.2) is 48.8 Å². The van der Waals surface area contributed by atoms with E-state index in [-0.39, 0.29) is 5.56 Å². The van der Waals surface area contributed by atoms with E-state index in [1.807, 2.05) is 20.8 Å². The number of carbonyl (C=O) groups excluding carboxylic acids is 2. The van der Waals surface area contributed by atoms with Gasteiger partial charge in [-0.05, 0) is 36.8 Å². The summed E-state index contributed by atoms with van der Waals surface area (Å²) in [5, 5.41) is 0. The van der Waals surface area contributed by atoms with Gasteiger partial charge in [-0.25, -0.2) is 0 Å². The second-order valence-electron chi connectivity index (χ2n) is 9.28. The highest BCUT2D eigenvalue weighted by molar-refractivity contribution is 7.88. The van der Waals surface area contributed by atoms with Crippen LogP contribution in [0.15, 0.2) is 54.6 Å². The first-order valence-corrected chi connectivity index (χ1v) is 11.7. The molecule has 184 valence electrons. The van der Waals surface area contributed by atoms with Crippen molar-refractivity contribution in [1.29, 1.82) is 0 Å². The molecule has 34 heavy (non-hydrogen) atoms. The van der Waals surface area contributed by atoms with Gasteiger partial charge in [0.05, 0.1) is 0 Å². The van der Waals surface area contributed by atoms with Gasteiger partial charge < -0.3 is 9.08 Å². The second kappa shape index (κ2) is 8.30. The van der Waals surface area contributed by atoms with Gasteiger partial charge >= 0.3 is 15.6 Å². The van der Waals surface area contributed by atoms with Gasteiger partial charge in [0, 0.05) is 18.0 Å². The Kier molecular flexibility index (Phi) is 6.23. The zero-order chi connectivity index (χ0) is 25.7. The Labute approximate surface area is 196 Å². The molecule has 2 amide bonds. The Hall–Kier alpha value is -3.08. The Morgan fingerprint density at radius 3 is 2.00 bits per heavy atom.